The van der Waals surface area contributed by atoms with Gasteiger partial charge in [0.15, 0.2) is 0 Å². The number of hydrogen-bond acceptors (Lipinski definition) is 1. The van der Waals surface area contributed by atoms with Crippen LogP contribution in [0.15, 0.2) is 29.8 Å². The molecule has 2 heteroatoms. The highest BCUT2D eigenvalue weighted by molar-refractivity contribution is 5.92. The molecule has 0 aliphatic heterocycles. The highest BCUT2D eigenvalue weighted by atomic mass is 16.4. The topological polar surface area (TPSA) is 37.3 Å². The molecule has 0 aromatic heterocycles. The summed E-state index contributed by atoms with van der Waals surface area (Å²) in [6.45, 7) is 3.82. The van der Waals surface area contributed by atoms with Crippen molar-refractivity contribution >= 4 is 12.0 Å². The molecule has 0 atom stereocenters. The Hall–Kier alpha value is -2.01. The molecule has 0 saturated heterocycles. The van der Waals surface area contributed by atoms with Gasteiger partial charge in [-0.05, 0) is 30.5 Å². The van der Waals surface area contributed by atoms with E-state index in [9.17, 15) is 4.79 Å². The first-order valence-electron chi connectivity index (χ1n) is 4.98. The first-order valence-corrected chi connectivity index (χ1v) is 4.98. The van der Waals surface area contributed by atoms with Gasteiger partial charge >= 0.3 is 5.97 Å². The standard InChI is InChI=1S/C12H14O2.C2H2/c1-3-10(12(13)14)8-11-7-5-4-6-9(11)2;1-2/h4-8H,3H2,1-2H3,(H,13,14);1-2H/b10-8+;. The molecule has 1 aromatic rings. The van der Waals surface area contributed by atoms with Crippen molar-refractivity contribution in [1.82, 2.24) is 0 Å². The van der Waals surface area contributed by atoms with Gasteiger partial charge in [-0.25, -0.2) is 4.79 Å². The Morgan fingerprint density at radius 3 is 2.38 bits per heavy atom. The zero-order chi connectivity index (χ0) is 12.6. The quantitative estimate of drug-likeness (QED) is 0.622. The highest BCUT2D eigenvalue weighted by Gasteiger charge is 2.04. The maximum absolute atomic E-state index is 10.8. The molecule has 0 saturated carbocycles. The maximum atomic E-state index is 10.8. The van der Waals surface area contributed by atoms with E-state index >= 15 is 0 Å². The van der Waals surface area contributed by atoms with E-state index in [4.69, 9.17) is 5.11 Å². The summed E-state index contributed by atoms with van der Waals surface area (Å²) in [6.07, 6.45) is 10.3. The third kappa shape index (κ3) is 4.02. The molecule has 0 spiro atoms. The van der Waals surface area contributed by atoms with Gasteiger partial charge < -0.3 is 5.11 Å². The smallest absolute Gasteiger partial charge is 0.331 e. The first kappa shape index (κ1) is 14.0. The highest BCUT2D eigenvalue weighted by Crippen LogP contribution is 2.13. The van der Waals surface area contributed by atoms with Crippen LogP contribution in [-0.2, 0) is 4.79 Å². The van der Waals surface area contributed by atoms with Crippen LogP contribution in [0.1, 0.15) is 24.5 Å². The number of carbonyl (C=O) groups is 1. The molecule has 0 unspecified atom stereocenters. The lowest BCUT2D eigenvalue weighted by Gasteiger charge is -2.01. The number of rotatable bonds is 3. The Morgan fingerprint density at radius 2 is 1.94 bits per heavy atom. The summed E-state index contributed by atoms with van der Waals surface area (Å²) in [5.41, 5.74) is 2.52. The lowest BCUT2D eigenvalue weighted by atomic mass is 10.0. The van der Waals surface area contributed by atoms with Crippen LogP contribution in [0.3, 0.4) is 0 Å². The molecular weight excluding hydrogens is 200 g/mol. The summed E-state index contributed by atoms with van der Waals surface area (Å²) in [4.78, 5) is 10.8. The van der Waals surface area contributed by atoms with Gasteiger partial charge in [0.25, 0.3) is 0 Å². The van der Waals surface area contributed by atoms with Gasteiger partial charge in [-0.1, -0.05) is 31.2 Å². The first-order chi connectivity index (χ1) is 7.65. The molecule has 84 valence electrons. The minimum Gasteiger partial charge on any atom is -0.478 e. The fraction of sp³-hybridized carbons (Fsp3) is 0.214. The summed E-state index contributed by atoms with van der Waals surface area (Å²) in [5, 5.41) is 8.86. The number of hydrogen-bond donors (Lipinski definition) is 1. The van der Waals surface area contributed by atoms with Crippen molar-refractivity contribution in [3.05, 3.63) is 41.0 Å². The summed E-state index contributed by atoms with van der Waals surface area (Å²) in [7, 11) is 0. The van der Waals surface area contributed by atoms with Crippen LogP contribution in [0.2, 0.25) is 0 Å². The van der Waals surface area contributed by atoms with Gasteiger partial charge in [0.2, 0.25) is 0 Å². The Labute approximate surface area is 96.6 Å². The third-order valence-corrected chi connectivity index (χ3v) is 2.17. The lowest BCUT2D eigenvalue weighted by Crippen LogP contribution is -1.98. The Bertz CT molecular complexity index is 400. The van der Waals surface area contributed by atoms with E-state index in [1.807, 2.05) is 38.1 Å². The van der Waals surface area contributed by atoms with Gasteiger partial charge in [-0.2, -0.15) is 0 Å². The number of carboxylic acid groups (broad SMARTS) is 1. The SMILES string of the molecule is C#C.CC/C(=C\c1ccccc1C)C(=O)O. The van der Waals surface area contributed by atoms with Crippen molar-refractivity contribution in [2.45, 2.75) is 20.3 Å². The molecule has 1 N–H and O–H groups in total. The van der Waals surface area contributed by atoms with E-state index in [2.05, 4.69) is 12.8 Å². The molecule has 0 fully saturated rings. The number of aryl methyl sites for hydroxylation is 1. The molecule has 0 radical (unpaired) electrons. The van der Waals surface area contributed by atoms with Crippen LogP contribution in [-0.4, -0.2) is 11.1 Å². The maximum Gasteiger partial charge on any atom is 0.331 e. The Morgan fingerprint density at radius 1 is 1.38 bits per heavy atom. The zero-order valence-electron chi connectivity index (χ0n) is 9.60. The summed E-state index contributed by atoms with van der Waals surface area (Å²) in [6, 6.07) is 7.75. The number of benzene rings is 1. The predicted molar refractivity (Wildman–Crippen MR) is 67.0 cm³/mol. The van der Waals surface area contributed by atoms with E-state index < -0.39 is 5.97 Å². The van der Waals surface area contributed by atoms with Crippen molar-refractivity contribution in [2.75, 3.05) is 0 Å². The van der Waals surface area contributed by atoms with E-state index in [-0.39, 0.29) is 0 Å². The second-order valence-electron chi connectivity index (χ2n) is 3.18. The summed E-state index contributed by atoms with van der Waals surface area (Å²) >= 11 is 0. The van der Waals surface area contributed by atoms with Crippen molar-refractivity contribution in [1.29, 1.82) is 0 Å². The van der Waals surface area contributed by atoms with Crippen LogP contribution < -0.4 is 0 Å². The molecule has 2 nitrogen and oxygen atoms in total. The second-order valence-corrected chi connectivity index (χ2v) is 3.18. The molecule has 0 heterocycles. The Balaban J connectivity index is 0.00000106. The van der Waals surface area contributed by atoms with Crippen molar-refractivity contribution in [3.63, 3.8) is 0 Å². The molecular formula is C14H16O2. The van der Waals surface area contributed by atoms with Gasteiger partial charge in [0, 0.05) is 5.57 Å². The Kier molecular flexibility index (Phi) is 6.39. The fourth-order valence-electron chi connectivity index (χ4n) is 1.25. The fourth-order valence-corrected chi connectivity index (χ4v) is 1.25. The molecule has 0 bridgehead atoms. The van der Waals surface area contributed by atoms with Crippen LogP contribution in [0.5, 0.6) is 0 Å². The third-order valence-electron chi connectivity index (χ3n) is 2.17. The van der Waals surface area contributed by atoms with E-state index in [1.54, 1.807) is 6.08 Å². The largest absolute Gasteiger partial charge is 0.478 e. The predicted octanol–water partition coefficient (Wildman–Crippen LogP) is 3.12. The van der Waals surface area contributed by atoms with Crippen LogP contribution >= 0.6 is 0 Å². The van der Waals surface area contributed by atoms with Gasteiger partial charge in [-0.3, -0.25) is 0 Å². The number of aliphatic carboxylic acids is 1. The van der Waals surface area contributed by atoms with Crippen molar-refractivity contribution in [3.8, 4) is 12.8 Å². The molecule has 0 aliphatic carbocycles. The van der Waals surface area contributed by atoms with Gasteiger partial charge in [0.05, 0.1) is 0 Å². The number of terminal acetylenes is 1. The van der Waals surface area contributed by atoms with Crippen molar-refractivity contribution < 1.29 is 9.90 Å². The molecule has 0 aliphatic rings. The van der Waals surface area contributed by atoms with Gasteiger partial charge in [-0.15, -0.1) is 12.8 Å². The average molecular weight is 216 g/mol. The average Bonchev–Trinajstić information content (AvgIpc) is 2.30. The molecule has 1 rings (SSSR count). The van der Waals surface area contributed by atoms with Gasteiger partial charge in [0.1, 0.15) is 0 Å². The zero-order valence-corrected chi connectivity index (χ0v) is 9.60. The number of carboxylic acids is 1. The minimum atomic E-state index is -0.837. The normalized spacial score (nSPS) is 10.1. The molecule has 16 heavy (non-hydrogen) atoms. The van der Waals surface area contributed by atoms with E-state index in [0.29, 0.717) is 12.0 Å². The summed E-state index contributed by atoms with van der Waals surface area (Å²) in [5.74, 6) is -0.837. The molecule has 1 aromatic carbocycles. The van der Waals surface area contributed by atoms with Crippen LogP contribution in [0.25, 0.3) is 6.08 Å². The summed E-state index contributed by atoms with van der Waals surface area (Å²) < 4.78 is 0. The minimum absolute atomic E-state index is 0.444. The second kappa shape index (κ2) is 7.30. The van der Waals surface area contributed by atoms with Crippen LogP contribution in [0, 0.1) is 19.8 Å². The monoisotopic (exact) mass is 216 g/mol. The van der Waals surface area contributed by atoms with Crippen LogP contribution in [0.4, 0.5) is 0 Å². The van der Waals surface area contributed by atoms with E-state index in [0.717, 1.165) is 11.1 Å². The molecule has 0 amide bonds. The van der Waals surface area contributed by atoms with Crippen molar-refractivity contribution in [2.24, 2.45) is 0 Å². The van der Waals surface area contributed by atoms with E-state index in [1.165, 1.54) is 0 Å². The lowest BCUT2D eigenvalue weighted by molar-refractivity contribution is -0.132.